The van der Waals surface area contributed by atoms with Gasteiger partial charge in [-0.25, -0.2) is 0 Å². The summed E-state index contributed by atoms with van der Waals surface area (Å²) in [6.07, 6.45) is 1.76. The van der Waals surface area contributed by atoms with Gasteiger partial charge in [-0.05, 0) is 53.0 Å². The van der Waals surface area contributed by atoms with E-state index >= 15 is 0 Å². The molecule has 8 heteroatoms. The Bertz CT molecular complexity index is 1340. The van der Waals surface area contributed by atoms with Gasteiger partial charge in [-0.1, -0.05) is 36.4 Å². The van der Waals surface area contributed by atoms with Gasteiger partial charge in [0.05, 0.1) is 28.4 Å². The number of fused-ring (bicyclic) bond motifs is 2. The summed E-state index contributed by atoms with van der Waals surface area (Å²) in [5.41, 5.74) is 2.63. The van der Waals surface area contributed by atoms with Gasteiger partial charge >= 0.3 is 0 Å². The first-order chi connectivity index (χ1) is 16.0. The van der Waals surface area contributed by atoms with Gasteiger partial charge in [0, 0.05) is 23.8 Å². The number of carbonyl (C=O) groups is 3. The number of nitrogens with zero attached hydrogens (tertiary/aromatic N) is 2. The molecule has 1 aliphatic rings. The fraction of sp³-hybridized carbons (Fsp3) is 0.120. The number of benzene rings is 3. The van der Waals surface area contributed by atoms with Crippen LogP contribution >= 0.6 is 11.5 Å². The van der Waals surface area contributed by atoms with Gasteiger partial charge in [-0.15, -0.1) is 0 Å². The molecule has 0 aliphatic carbocycles. The van der Waals surface area contributed by atoms with Crippen molar-refractivity contribution < 1.29 is 19.5 Å². The number of imide groups is 1. The van der Waals surface area contributed by atoms with Crippen LogP contribution in [0.25, 0.3) is 10.1 Å². The zero-order chi connectivity index (χ0) is 22.9. The topological polar surface area (TPSA) is 99.6 Å². The van der Waals surface area contributed by atoms with E-state index in [0.717, 1.165) is 15.0 Å². The second-order valence-electron chi connectivity index (χ2n) is 7.79. The third-order valence-corrected chi connectivity index (χ3v) is 6.51. The van der Waals surface area contributed by atoms with E-state index in [1.165, 1.54) is 11.5 Å². The van der Waals surface area contributed by atoms with E-state index in [1.807, 2.05) is 12.1 Å². The van der Waals surface area contributed by atoms with Crippen LogP contribution in [-0.4, -0.2) is 38.6 Å². The predicted octanol–water partition coefficient (Wildman–Crippen LogP) is 3.81. The van der Waals surface area contributed by atoms with Crippen molar-refractivity contribution in [1.29, 1.82) is 0 Å². The van der Waals surface area contributed by atoms with Crippen molar-refractivity contribution in [3.05, 3.63) is 95.2 Å². The van der Waals surface area contributed by atoms with E-state index in [1.54, 1.807) is 60.8 Å². The van der Waals surface area contributed by atoms with Gasteiger partial charge < -0.3 is 10.4 Å². The molecule has 3 aromatic carbocycles. The van der Waals surface area contributed by atoms with E-state index < -0.39 is 17.7 Å². The van der Waals surface area contributed by atoms with Crippen molar-refractivity contribution in [1.82, 2.24) is 9.27 Å². The Balaban J connectivity index is 1.45. The smallest absolute Gasteiger partial charge is 0.261 e. The summed E-state index contributed by atoms with van der Waals surface area (Å²) in [5, 5.41) is 13.3. The molecule has 164 valence electrons. The predicted molar refractivity (Wildman–Crippen MR) is 125 cm³/mol. The first kappa shape index (κ1) is 21.0. The van der Waals surface area contributed by atoms with Crippen LogP contribution in [0.15, 0.2) is 72.9 Å². The maximum absolute atomic E-state index is 13.4. The van der Waals surface area contributed by atoms with Crippen LogP contribution in [0, 0.1) is 0 Å². The van der Waals surface area contributed by atoms with Crippen LogP contribution < -0.4 is 5.32 Å². The summed E-state index contributed by atoms with van der Waals surface area (Å²) >= 11 is 1.33. The molecule has 0 unspecified atom stereocenters. The molecule has 0 saturated heterocycles. The molecule has 0 radical (unpaired) electrons. The van der Waals surface area contributed by atoms with Crippen molar-refractivity contribution in [3.8, 4) is 0 Å². The van der Waals surface area contributed by atoms with Crippen LogP contribution in [0.5, 0.6) is 0 Å². The molecule has 33 heavy (non-hydrogen) atoms. The van der Waals surface area contributed by atoms with Gasteiger partial charge in [0.25, 0.3) is 11.8 Å². The van der Waals surface area contributed by atoms with Gasteiger partial charge in [0.15, 0.2) is 0 Å². The van der Waals surface area contributed by atoms with Crippen molar-refractivity contribution in [3.63, 3.8) is 0 Å². The molecule has 2 N–H and O–H groups in total. The molecule has 2 heterocycles. The highest BCUT2D eigenvalue weighted by molar-refractivity contribution is 7.13. The highest BCUT2D eigenvalue weighted by atomic mass is 32.1. The number of hydrogen-bond acceptors (Lipinski definition) is 6. The van der Waals surface area contributed by atoms with Crippen LogP contribution in [0.4, 0.5) is 5.69 Å². The Kier molecular flexibility index (Phi) is 5.45. The SMILES string of the molecule is O=C(Nc1ccc2cnsc2c1)[C@H](CN1C(=O)c2ccccc2C1=O)c1ccc(CO)cc1. The number of hydrogen-bond donors (Lipinski definition) is 2. The first-order valence-electron chi connectivity index (χ1n) is 10.4. The molecule has 0 spiro atoms. The minimum absolute atomic E-state index is 0.0978. The normalized spacial score (nSPS) is 13.9. The van der Waals surface area contributed by atoms with Gasteiger partial charge in [-0.3, -0.25) is 19.3 Å². The Labute approximate surface area is 193 Å². The van der Waals surface area contributed by atoms with E-state index in [-0.39, 0.29) is 19.1 Å². The summed E-state index contributed by atoms with van der Waals surface area (Å²) in [7, 11) is 0. The van der Waals surface area contributed by atoms with E-state index in [9.17, 15) is 19.5 Å². The molecule has 1 aromatic heterocycles. The number of aromatic nitrogens is 1. The Morgan fingerprint density at radius 3 is 2.36 bits per heavy atom. The first-order valence-corrected chi connectivity index (χ1v) is 11.1. The summed E-state index contributed by atoms with van der Waals surface area (Å²) in [6, 6.07) is 19.1. The number of anilines is 1. The summed E-state index contributed by atoms with van der Waals surface area (Å²) in [5.74, 6) is -1.96. The summed E-state index contributed by atoms with van der Waals surface area (Å²) in [4.78, 5) is 40.3. The zero-order valence-electron chi connectivity index (χ0n) is 17.4. The molecule has 7 nitrogen and oxygen atoms in total. The van der Waals surface area contributed by atoms with E-state index in [0.29, 0.717) is 27.9 Å². The second-order valence-corrected chi connectivity index (χ2v) is 8.62. The molecule has 0 bridgehead atoms. The monoisotopic (exact) mass is 457 g/mol. The number of carbonyl (C=O) groups excluding carboxylic acids is 3. The van der Waals surface area contributed by atoms with Crippen LogP contribution in [0.3, 0.4) is 0 Å². The third-order valence-electron chi connectivity index (χ3n) is 5.75. The molecule has 3 amide bonds. The summed E-state index contributed by atoms with van der Waals surface area (Å²) in [6.45, 7) is -0.218. The number of aliphatic hydroxyl groups excluding tert-OH is 1. The third kappa shape index (κ3) is 3.90. The molecular weight excluding hydrogens is 438 g/mol. The minimum atomic E-state index is -0.794. The number of nitrogens with one attached hydrogen (secondary N) is 1. The largest absolute Gasteiger partial charge is 0.392 e. The average Bonchev–Trinajstić information content (AvgIpc) is 3.40. The standard InChI is InChI=1S/C25H19N3O4S/c29-14-15-5-7-16(8-6-15)21(13-28-24(31)19-3-1-2-4-20(19)25(28)32)23(30)27-18-10-9-17-12-26-33-22(17)11-18/h1-12,21,29H,13-14H2,(H,27,30)/t21-/m1/s1. The van der Waals surface area contributed by atoms with Crippen molar-refractivity contribution >= 4 is 45.0 Å². The number of amides is 3. The van der Waals surface area contributed by atoms with Gasteiger partial charge in [0.1, 0.15) is 0 Å². The van der Waals surface area contributed by atoms with Crippen molar-refractivity contribution in [2.75, 3.05) is 11.9 Å². The molecule has 1 aliphatic heterocycles. The molecule has 0 fully saturated rings. The lowest BCUT2D eigenvalue weighted by molar-refractivity contribution is -0.117. The highest BCUT2D eigenvalue weighted by Gasteiger charge is 2.38. The molecule has 5 rings (SSSR count). The quantitative estimate of drug-likeness (QED) is 0.429. The van der Waals surface area contributed by atoms with Crippen molar-refractivity contribution in [2.45, 2.75) is 12.5 Å². The van der Waals surface area contributed by atoms with Gasteiger partial charge in [0.2, 0.25) is 5.91 Å². The van der Waals surface area contributed by atoms with Crippen LogP contribution in [0.2, 0.25) is 0 Å². The number of rotatable bonds is 6. The van der Waals surface area contributed by atoms with Crippen molar-refractivity contribution in [2.24, 2.45) is 0 Å². The highest BCUT2D eigenvalue weighted by Crippen LogP contribution is 2.28. The summed E-state index contributed by atoms with van der Waals surface area (Å²) < 4.78 is 5.09. The van der Waals surface area contributed by atoms with E-state index in [2.05, 4.69) is 9.69 Å². The van der Waals surface area contributed by atoms with Crippen LogP contribution in [-0.2, 0) is 11.4 Å². The zero-order valence-corrected chi connectivity index (χ0v) is 18.2. The molecule has 4 aromatic rings. The lowest BCUT2D eigenvalue weighted by Crippen LogP contribution is -2.38. The maximum atomic E-state index is 13.4. The minimum Gasteiger partial charge on any atom is -0.392 e. The molecule has 1 atom stereocenters. The average molecular weight is 458 g/mol. The van der Waals surface area contributed by atoms with Crippen LogP contribution in [0.1, 0.15) is 37.8 Å². The lowest BCUT2D eigenvalue weighted by atomic mass is 9.96. The fourth-order valence-corrected chi connectivity index (χ4v) is 4.64. The Morgan fingerprint density at radius 2 is 1.70 bits per heavy atom. The van der Waals surface area contributed by atoms with Gasteiger partial charge in [-0.2, -0.15) is 4.37 Å². The molecular formula is C25H19N3O4S. The second kappa shape index (κ2) is 8.57. The Morgan fingerprint density at radius 1 is 1.00 bits per heavy atom. The number of aliphatic hydroxyl groups is 1. The lowest BCUT2D eigenvalue weighted by Gasteiger charge is -2.23. The fourth-order valence-electron chi connectivity index (χ4n) is 3.95. The van der Waals surface area contributed by atoms with E-state index in [4.69, 9.17) is 0 Å². The molecule has 0 saturated carbocycles. The maximum Gasteiger partial charge on any atom is 0.261 e. The Hall–Kier alpha value is -3.88.